The van der Waals surface area contributed by atoms with Crippen molar-refractivity contribution in [3.63, 3.8) is 0 Å². The molecule has 2 atom stereocenters. The lowest BCUT2D eigenvalue weighted by Gasteiger charge is -2.43. The number of hydrogen-bond donors (Lipinski definition) is 2. The van der Waals surface area contributed by atoms with Gasteiger partial charge in [0.25, 0.3) is 0 Å². The van der Waals surface area contributed by atoms with E-state index in [0.717, 1.165) is 31.3 Å². The third kappa shape index (κ3) is 3.62. The van der Waals surface area contributed by atoms with Crippen molar-refractivity contribution >= 4 is 0 Å². The molecule has 1 fully saturated rings. The quantitative estimate of drug-likeness (QED) is 0.540. The molecular formula is C13H26N2. The fourth-order valence-electron chi connectivity index (χ4n) is 3.09. The van der Waals surface area contributed by atoms with Gasteiger partial charge in [0, 0.05) is 12.1 Å². The predicted molar refractivity (Wildman–Crippen MR) is 66.8 cm³/mol. The summed E-state index contributed by atoms with van der Waals surface area (Å²) in [5.74, 6) is 1.60. The standard InChI is InChI=1S/C13H26N2/c1-4-5-6-15-13(10-14)8-11(2)7-12(3)9-13/h4,11-12,15H,1,5-10,14H2,2-3H3. The van der Waals surface area contributed by atoms with Crippen molar-refractivity contribution in [2.24, 2.45) is 17.6 Å². The van der Waals surface area contributed by atoms with Crippen LogP contribution in [-0.2, 0) is 0 Å². The summed E-state index contributed by atoms with van der Waals surface area (Å²) in [4.78, 5) is 0. The highest BCUT2D eigenvalue weighted by Crippen LogP contribution is 2.35. The molecule has 0 aromatic heterocycles. The van der Waals surface area contributed by atoms with Gasteiger partial charge in [-0.1, -0.05) is 19.9 Å². The molecule has 2 nitrogen and oxygen atoms in total. The van der Waals surface area contributed by atoms with Gasteiger partial charge in [-0.25, -0.2) is 0 Å². The van der Waals surface area contributed by atoms with Gasteiger partial charge in [0.15, 0.2) is 0 Å². The van der Waals surface area contributed by atoms with Crippen LogP contribution in [0.4, 0.5) is 0 Å². The molecule has 3 N–H and O–H groups in total. The zero-order valence-corrected chi connectivity index (χ0v) is 10.3. The molecule has 1 aliphatic carbocycles. The van der Waals surface area contributed by atoms with Crippen molar-refractivity contribution in [2.45, 2.75) is 45.1 Å². The van der Waals surface area contributed by atoms with Crippen LogP contribution in [0.1, 0.15) is 39.5 Å². The van der Waals surface area contributed by atoms with Crippen LogP contribution in [0, 0.1) is 11.8 Å². The van der Waals surface area contributed by atoms with Crippen LogP contribution in [0.3, 0.4) is 0 Å². The topological polar surface area (TPSA) is 38.0 Å². The van der Waals surface area contributed by atoms with E-state index in [2.05, 4.69) is 25.7 Å². The summed E-state index contributed by atoms with van der Waals surface area (Å²) in [7, 11) is 0. The molecule has 1 aliphatic rings. The van der Waals surface area contributed by atoms with Crippen LogP contribution in [0.25, 0.3) is 0 Å². The minimum atomic E-state index is 0.195. The van der Waals surface area contributed by atoms with E-state index < -0.39 is 0 Å². The minimum Gasteiger partial charge on any atom is -0.329 e. The van der Waals surface area contributed by atoms with Crippen molar-refractivity contribution in [1.82, 2.24) is 5.32 Å². The Morgan fingerprint density at radius 2 is 2.00 bits per heavy atom. The van der Waals surface area contributed by atoms with Gasteiger partial charge in [-0.15, -0.1) is 6.58 Å². The fourth-order valence-corrected chi connectivity index (χ4v) is 3.09. The summed E-state index contributed by atoms with van der Waals surface area (Å²) in [6.07, 6.45) is 6.80. The predicted octanol–water partition coefficient (Wildman–Crippen LogP) is 2.31. The molecular weight excluding hydrogens is 184 g/mol. The summed E-state index contributed by atoms with van der Waals surface area (Å²) < 4.78 is 0. The van der Waals surface area contributed by atoms with Gasteiger partial charge in [-0.3, -0.25) is 0 Å². The SMILES string of the molecule is C=CCCNC1(CN)CC(C)CC(C)C1. The summed E-state index contributed by atoms with van der Waals surface area (Å²) in [6.45, 7) is 10.2. The zero-order chi connectivity index (χ0) is 11.3. The van der Waals surface area contributed by atoms with Gasteiger partial charge < -0.3 is 11.1 Å². The van der Waals surface area contributed by atoms with E-state index in [1.54, 1.807) is 0 Å². The lowest BCUT2D eigenvalue weighted by Crippen LogP contribution is -2.55. The van der Waals surface area contributed by atoms with E-state index in [-0.39, 0.29) is 5.54 Å². The Labute approximate surface area is 94.3 Å². The number of nitrogens with two attached hydrogens (primary N) is 1. The highest BCUT2D eigenvalue weighted by molar-refractivity contribution is 4.96. The van der Waals surface area contributed by atoms with E-state index in [9.17, 15) is 0 Å². The summed E-state index contributed by atoms with van der Waals surface area (Å²) in [5.41, 5.74) is 6.15. The minimum absolute atomic E-state index is 0.195. The van der Waals surface area contributed by atoms with Gasteiger partial charge in [0.1, 0.15) is 0 Å². The second kappa shape index (κ2) is 5.66. The molecule has 0 amide bonds. The molecule has 0 bridgehead atoms. The van der Waals surface area contributed by atoms with Crippen LogP contribution in [-0.4, -0.2) is 18.6 Å². The van der Waals surface area contributed by atoms with Gasteiger partial charge in [-0.2, -0.15) is 0 Å². The maximum absolute atomic E-state index is 5.96. The van der Waals surface area contributed by atoms with Gasteiger partial charge in [-0.05, 0) is 44.1 Å². The highest BCUT2D eigenvalue weighted by atomic mass is 15.0. The summed E-state index contributed by atoms with van der Waals surface area (Å²) >= 11 is 0. The molecule has 88 valence electrons. The first kappa shape index (κ1) is 12.7. The van der Waals surface area contributed by atoms with E-state index in [0.29, 0.717) is 0 Å². The molecule has 0 heterocycles. The van der Waals surface area contributed by atoms with Gasteiger partial charge in [0.05, 0.1) is 0 Å². The smallest absolute Gasteiger partial charge is 0.0309 e. The van der Waals surface area contributed by atoms with Gasteiger partial charge in [0.2, 0.25) is 0 Å². The Morgan fingerprint density at radius 3 is 2.47 bits per heavy atom. The Bertz CT molecular complexity index is 191. The molecule has 1 saturated carbocycles. The monoisotopic (exact) mass is 210 g/mol. The van der Waals surface area contributed by atoms with Crippen molar-refractivity contribution in [2.75, 3.05) is 13.1 Å². The number of nitrogens with one attached hydrogen (secondary N) is 1. The second-order valence-corrected chi connectivity index (χ2v) is 5.34. The average molecular weight is 210 g/mol. The third-order valence-electron chi connectivity index (χ3n) is 3.52. The summed E-state index contributed by atoms with van der Waals surface area (Å²) in [5, 5.41) is 3.65. The van der Waals surface area contributed by atoms with Crippen molar-refractivity contribution in [3.05, 3.63) is 12.7 Å². The van der Waals surface area contributed by atoms with Crippen LogP contribution < -0.4 is 11.1 Å². The molecule has 0 saturated heterocycles. The van der Waals surface area contributed by atoms with E-state index in [4.69, 9.17) is 5.73 Å². The first-order chi connectivity index (χ1) is 7.12. The molecule has 0 aliphatic heterocycles. The first-order valence-electron chi connectivity index (χ1n) is 6.18. The zero-order valence-electron chi connectivity index (χ0n) is 10.3. The molecule has 0 spiro atoms. The fraction of sp³-hybridized carbons (Fsp3) is 0.846. The third-order valence-corrected chi connectivity index (χ3v) is 3.52. The molecule has 0 radical (unpaired) electrons. The molecule has 15 heavy (non-hydrogen) atoms. The van der Waals surface area contributed by atoms with Crippen molar-refractivity contribution in [1.29, 1.82) is 0 Å². The maximum atomic E-state index is 5.96. The van der Waals surface area contributed by atoms with Crippen LogP contribution in [0.2, 0.25) is 0 Å². The van der Waals surface area contributed by atoms with E-state index >= 15 is 0 Å². The van der Waals surface area contributed by atoms with Crippen LogP contribution in [0.15, 0.2) is 12.7 Å². The van der Waals surface area contributed by atoms with Crippen LogP contribution in [0.5, 0.6) is 0 Å². The highest BCUT2D eigenvalue weighted by Gasteiger charge is 2.35. The Morgan fingerprint density at radius 1 is 1.40 bits per heavy atom. The number of rotatable bonds is 5. The molecule has 2 unspecified atom stereocenters. The van der Waals surface area contributed by atoms with E-state index in [1.165, 1.54) is 19.3 Å². The lowest BCUT2D eigenvalue weighted by molar-refractivity contribution is 0.151. The van der Waals surface area contributed by atoms with Crippen molar-refractivity contribution in [3.8, 4) is 0 Å². The van der Waals surface area contributed by atoms with Crippen LogP contribution >= 0.6 is 0 Å². The molecule has 1 rings (SSSR count). The Balaban J connectivity index is 2.53. The maximum Gasteiger partial charge on any atom is 0.0309 e. The number of hydrogen-bond acceptors (Lipinski definition) is 2. The molecule has 0 aromatic carbocycles. The first-order valence-corrected chi connectivity index (χ1v) is 6.18. The second-order valence-electron chi connectivity index (χ2n) is 5.34. The normalized spacial score (nSPS) is 36.5. The Hall–Kier alpha value is -0.340. The van der Waals surface area contributed by atoms with E-state index in [1.807, 2.05) is 6.08 Å². The Kier molecular flexibility index (Phi) is 4.81. The average Bonchev–Trinajstić information content (AvgIpc) is 2.17. The molecule has 0 aromatic rings. The van der Waals surface area contributed by atoms with Crippen molar-refractivity contribution < 1.29 is 0 Å². The summed E-state index contributed by atoms with van der Waals surface area (Å²) in [6, 6.07) is 0. The molecule has 2 heteroatoms. The lowest BCUT2D eigenvalue weighted by atomic mass is 9.71. The largest absolute Gasteiger partial charge is 0.329 e. The van der Waals surface area contributed by atoms with Gasteiger partial charge >= 0.3 is 0 Å².